The molecular weight excluding hydrogens is 371 g/mol. The number of nitrogens with one attached hydrogen (secondary N) is 1. The van der Waals surface area contributed by atoms with Crippen LogP contribution in [0.15, 0.2) is 49.1 Å². The molecule has 0 spiro atoms. The van der Waals surface area contributed by atoms with Crippen molar-refractivity contribution < 1.29 is 4.79 Å². The number of aromatic nitrogens is 3. The second-order valence-electron chi connectivity index (χ2n) is 4.99. The molecule has 0 saturated carbocycles. The molecule has 0 fully saturated rings. The molecule has 0 unspecified atom stereocenters. The van der Waals surface area contributed by atoms with Gasteiger partial charge in [0.1, 0.15) is 12.7 Å². The topological polar surface area (TPSA) is 59.8 Å². The Kier molecular flexibility index (Phi) is 5.04. The van der Waals surface area contributed by atoms with Gasteiger partial charge in [0.15, 0.2) is 0 Å². The van der Waals surface area contributed by atoms with Crippen molar-refractivity contribution in [1.82, 2.24) is 14.8 Å². The highest BCUT2D eigenvalue weighted by atomic mass is 35.5. The minimum atomic E-state index is -0.289. The van der Waals surface area contributed by atoms with E-state index >= 15 is 0 Å². The molecule has 1 amide bonds. The van der Waals surface area contributed by atoms with E-state index in [0.717, 1.165) is 5.56 Å². The van der Waals surface area contributed by atoms with Gasteiger partial charge < -0.3 is 5.32 Å². The first-order valence-electron chi connectivity index (χ1n) is 6.90. The number of carbonyl (C=O) groups is 1. The number of halogens is 3. The fourth-order valence-corrected chi connectivity index (χ4v) is 2.67. The van der Waals surface area contributed by atoms with Crippen LogP contribution in [0.25, 0.3) is 0 Å². The molecule has 0 bridgehead atoms. The lowest BCUT2D eigenvalue weighted by molar-refractivity contribution is 0.102. The second-order valence-corrected chi connectivity index (χ2v) is 6.21. The maximum absolute atomic E-state index is 12.3. The Labute approximate surface area is 153 Å². The van der Waals surface area contributed by atoms with Crippen molar-refractivity contribution in [3.05, 3.63) is 75.2 Å². The smallest absolute Gasteiger partial charge is 0.255 e. The van der Waals surface area contributed by atoms with Gasteiger partial charge in [-0.3, -0.25) is 4.79 Å². The van der Waals surface area contributed by atoms with Gasteiger partial charge >= 0.3 is 0 Å². The van der Waals surface area contributed by atoms with Gasteiger partial charge in [-0.2, -0.15) is 5.10 Å². The van der Waals surface area contributed by atoms with Gasteiger partial charge in [-0.05, 0) is 29.8 Å². The lowest BCUT2D eigenvalue weighted by Crippen LogP contribution is -2.12. The van der Waals surface area contributed by atoms with Crippen LogP contribution >= 0.6 is 34.8 Å². The van der Waals surface area contributed by atoms with Crippen LogP contribution in [-0.2, 0) is 6.54 Å². The zero-order valence-electron chi connectivity index (χ0n) is 12.2. The average molecular weight is 382 g/mol. The highest BCUT2D eigenvalue weighted by molar-refractivity contribution is 6.44. The van der Waals surface area contributed by atoms with Gasteiger partial charge in [-0.1, -0.05) is 46.9 Å². The third-order valence-electron chi connectivity index (χ3n) is 3.29. The summed E-state index contributed by atoms with van der Waals surface area (Å²) in [6, 6.07) is 10.2. The van der Waals surface area contributed by atoms with Crippen molar-refractivity contribution in [2.45, 2.75) is 6.54 Å². The van der Waals surface area contributed by atoms with Crippen molar-refractivity contribution in [2.24, 2.45) is 0 Å². The number of anilines is 1. The SMILES string of the molecule is O=C(Nc1cc(Cl)c(Cl)cc1Cl)c1ccc(Cn2cncn2)cc1. The van der Waals surface area contributed by atoms with Gasteiger partial charge in [-0.15, -0.1) is 0 Å². The van der Waals surface area contributed by atoms with Gasteiger partial charge in [0.2, 0.25) is 0 Å². The summed E-state index contributed by atoms with van der Waals surface area (Å²) in [6.07, 6.45) is 3.11. The van der Waals surface area contributed by atoms with Gasteiger partial charge in [0.25, 0.3) is 5.91 Å². The number of benzene rings is 2. The van der Waals surface area contributed by atoms with E-state index in [0.29, 0.717) is 32.9 Å². The molecule has 0 aliphatic carbocycles. The van der Waals surface area contributed by atoms with E-state index in [2.05, 4.69) is 15.4 Å². The normalized spacial score (nSPS) is 10.6. The molecule has 1 heterocycles. The van der Waals surface area contributed by atoms with Crippen LogP contribution in [0.5, 0.6) is 0 Å². The largest absolute Gasteiger partial charge is 0.321 e. The lowest BCUT2D eigenvalue weighted by Gasteiger charge is -2.09. The number of carbonyl (C=O) groups excluding carboxylic acids is 1. The van der Waals surface area contributed by atoms with E-state index in [1.807, 2.05) is 12.1 Å². The van der Waals surface area contributed by atoms with Crippen LogP contribution in [0.1, 0.15) is 15.9 Å². The molecule has 8 heteroatoms. The third-order valence-corrected chi connectivity index (χ3v) is 4.32. The van der Waals surface area contributed by atoms with Crippen LogP contribution in [-0.4, -0.2) is 20.7 Å². The van der Waals surface area contributed by atoms with Gasteiger partial charge in [0, 0.05) is 5.56 Å². The molecule has 1 N–H and O–H groups in total. The Morgan fingerprint density at radius 3 is 2.42 bits per heavy atom. The van der Waals surface area contributed by atoms with E-state index in [9.17, 15) is 4.79 Å². The van der Waals surface area contributed by atoms with Crippen LogP contribution in [0.2, 0.25) is 15.1 Å². The number of amides is 1. The quantitative estimate of drug-likeness (QED) is 0.675. The molecule has 0 aliphatic heterocycles. The van der Waals surface area contributed by atoms with E-state index in [1.165, 1.54) is 18.5 Å². The van der Waals surface area contributed by atoms with Crippen molar-refractivity contribution in [1.29, 1.82) is 0 Å². The van der Waals surface area contributed by atoms with Gasteiger partial charge in [0.05, 0.1) is 27.3 Å². The Bertz CT molecular complexity index is 864. The summed E-state index contributed by atoms with van der Waals surface area (Å²) >= 11 is 17.9. The van der Waals surface area contributed by atoms with E-state index in [-0.39, 0.29) is 5.91 Å². The summed E-state index contributed by atoms with van der Waals surface area (Å²) in [5.74, 6) is -0.289. The molecule has 24 heavy (non-hydrogen) atoms. The molecule has 3 aromatic rings. The predicted molar refractivity (Wildman–Crippen MR) is 95.0 cm³/mol. The number of nitrogens with zero attached hydrogens (tertiary/aromatic N) is 3. The number of hydrogen-bond donors (Lipinski definition) is 1. The summed E-state index contributed by atoms with van der Waals surface area (Å²) in [5, 5.41) is 7.73. The van der Waals surface area contributed by atoms with Crippen LogP contribution in [0, 0.1) is 0 Å². The molecule has 122 valence electrons. The van der Waals surface area contributed by atoms with E-state index in [4.69, 9.17) is 34.8 Å². The third kappa shape index (κ3) is 3.87. The van der Waals surface area contributed by atoms with Crippen LogP contribution in [0.4, 0.5) is 5.69 Å². The summed E-state index contributed by atoms with van der Waals surface area (Å²) in [5.41, 5.74) is 1.91. The minimum absolute atomic E-state index is 0.289. The summed E-state index contributed by atoms with van der Waals surface area (Å²) in [7, 11) is 0. The first-order valence-corrected chi connectivity index (χ1v) is 8.03. The first-order chi connectivity index (χ1) is 11.5. The number of rotatable bonds is 4. The highest BCUT2D eigenvalue weighted by Gasteiger charge is 2.11. The van der Waals surface area contributed by atoms with Crippen molar-refractivity contribution >= 4 is 46.4 Å². The predicted octanol–water partition coefficient (Wildman–Crippen LogP) is 4.54. The maximum atomic E-state index is 12.3. The summed E-state index contributed by atoms with van der Waals surface area (Å²) in [6.45, 7) is 0.584. The summed E-state index contributed by atoms with van der Waals surface area (Å²) < 4.78 is 1.70. The van der Waals surface area contributed by atoms with Crippen molar-refractivity contribution in [2.75, 3.05) is 5.32 Å². The fourth-order valence-electron chi connectivity index (χ4n) is 2.08. The van der Waals surface area contributed by atoms with Crippen LogP contribution in [0.3, 0.4) is 0 Å². The molecule has 1 aromatic heterocycles. The molecule has 0 atom stereocenters. The first kappa shape index (κ1) is 16.8. The van der Waals surface area contributed by atoms with Crippen LogP contribution < -0.4 is 5.32 Å². The van der Waals surface area contributed by atoms with E-state index in [1.54, 1.807) is 23.1 Å². The van der Waals surface area contributed by atoms with Crippen molar-refractivity contribution in [3.63, 3.8) is 0 Å². The standard InChI is InChI=1S/C16H11Cl3N4O/c17-12-5-14(19)15(6-13(12)18)22-16(24)11-3-1-10(2-4-11)7-23-9-20-8-21-23/h1-6,8-9H,7H2,(H,22,24). The molecular formula is C16H11Cl3N4O. The Morgan fingerprint density at radius 2 is 1.75 bits per heavy atom. The lowest BCUT2D eigenvalue weighted by atomic mass is 10.1. The molecule has 3 rings (SSSR count). The minimum Gasteiger partial charge on any atom is -0.321 e. The fraction of sp³-hybridized carbons (Fsp3) is 0.0625. The van der Waals surface area contributed by atoms with E-state index < -0.39 is 0 Å². The molecule has 5 nitrogen and oxygen atoms in total. The zero-order chi connectivity index (χ0) is 17.1. The van der Waals surface area contributed by atoms with Crippen molar-refractivity contribution in [3.8, 4) is 0 Å². The Balaban J connectivity index is 1.72. The molecule has 0 saturated heterocycles. The Morgan fingerprint density at radius 1 is 1.04 bits per heavy atom. The molecule has 0 aliphatic rings. The molecule has 2 aromatic carbocycles. The average Bonchev–Trinajstić information content (AvgIpc) is 3.06. The summed E-state index contributed by atoms with van der Waals surface area (Å²) in [4.78, 5) is 16.2. The highest BCUT2D eigenvalue weighted by Crippen LogP contribution is 2.32. The van der Waals surface area contributed by atoms with Gasteiger partial charge in [-0.25, -0.2) is 9.67 Å². The molecule has 0 radical (unpaired) electrons. The zero-order valence-corrected chi connectivity index (χ0v) is 14.5. The Hall–Kier alpha value is -2.08. The maximum Gasteiger partial charge on any atom is 0.255 e. The second kappa shape index (κ2) is 7.21. The number of hydrogen-bond acceptors (Lipinski definition) is 3. The monoisotopic (exact) mass is 380 g/mol.